The monoisotopic (exact) mass is 284 g/mol. The number of carboxylic acids is 1. The third kappa shape index (κ3) is 3.81. The smallest absolute Gasteiger partial charge is 0.334 e. The van der Waals surface area contributed by atoms with Crippen molar-refractivity contribution in [3.63, 3.8) is 0 Å². The van der Waals surface area contributed by atoms with Gasteiger partial charge in [-0.3, -0.25) is 19.0 Å². The Morgan fingerprint density at radius 1 is 1.30 bits per heavy atom. The van der Waals surface area contributed by atoms with Gasteiger partial charge in [0.15, 0.2) is 6.73 Å². The number of esters is 1. The molecule has 0 aliphatic heterocycles. The van der Waals surface area contributed by atoms with Crippen molar-refractivity contribution in [2.45, 2.75) is 34.0 Å². The molecule has 0 fully saturated rings. The number of hydrogen-bond donors (Lipinski definition) is 1. The minimum Gasteiger partial charge on any atom is -0.480 e. The Morgan fingerprint density at radius 2 is 1.90 bits per heavy atom. The highest BCUT2D eigenvalue weighted by Gasteiger charge is 2.23. The van der Waals surface area contributed by atoms with Gasteiger partial charge < -0.3 is 9.84 Å². The molecule has 0 unspecified atom stereocenters. The molecule has 0 spiro atoms. The summed E-state index contributed by atoms with van der Waals surface area (Å²) in [4.78, 5) is 45.4. The minimum absolute atomic E-state index is 0.380. The molecule has 0 atom stereocenters. The quantitative estimate of drug-likeness (QED) is 0.757. The molecule has 1 heterocycles. The van der Waals surface area contributed by atoms with E-state index in [1.165, 1.54) is 0 Å². The van der Waals surface area contributed by atoms with E-state index in [9.17, 15) is 19.2 Å². The fourth-order valence-electron chi connectivity index (χ4n) is 1.28. The van der Waals surface area contributed by atoms with Gasteiger partial charge in [-0.25, -0.2) is 9.36 Å². The van der Waals surface area contributed by atoms with E-state index in [1.54, 1.807) is 20.8 Å². The molecule has 1 aromatic rings. The summed E-state index contributed by atoms with van der Waals surface area (Å²) in [6, 6.07) is 1.04. The molecule has 0 aromatic carbocycles. The lowest BCUT2D eigenvalue weighted by Crippen LogP contribution is -2.41. The van der Waals surface area contributed by atoms with Crippen molar-refractivity contribution >= 4 is 11.9 Å². The van der Waals surface area contributed by atoms with Crippen LogP contribution in [0.5, 0.6) is 0 Å². The maximum absolute atomic E-state index is 11.9. The van der Waals surface area contributed by atoms with Crippen LogP contribution in [0.25, 0.3) is 0 Å². The average molecular weight is 284 g/mol. The summed E-state index contributed by atoms with van der Waals surface area (Å²) in [5.41, 5.74) is -2.29. The Balaban J connectivity index is 2.99. The first-order chi connectivity index (χ1) is 9.12. The Kier molecular flexibility index (Phi) is 4.49. The average Bonchev–Trinajstić information content (AvgIpc) is 2.31. The lowest BCUT2D eigenvalue weighted by molar-refractivity contribution is -0.157. The van der Waals surface area contributed by atoms with Gasteiger partial charge in [0.1, 0.15) is 6.54 Å². The van der Waals surface area contributed by atoms with Gasteiger partial charge in [0.05, 0.1) is 5.41 Å². The highest BCUT2D eigenvalue weighted by Crippen LogP contribution is 2.14. The highest BCUT2D eigenvalue weighted by atomic mass is 16.5. The van der Waals surface area contributed by atoms with Gasteiger partial charge in [0.2, 0.25) is 0 Å². The van der Waals surface area contributed by atoms with Crippen LogP contribution in [-0.2, 0) is 27.6 Å². The van der Waals surface area contributed by atoms with Crippen molar-refractivity contribution in [3.05, 3.63) is 33.1 Å². The summed E-state index contributed by atoms with van der Waals surface area (Å²) in [6.07, 6.45) is 1.15. The van der Waals surface area contributed by atoms with Gasteiger partial charge >= 0.3 is 17.6 Å². The molecule has 0 bridgehead atoms. The number of carbonyl (C=O) groups is 2. The lowest BCUT2D eigenvalue weighted by Gasteiger charge is -2.17. The fraction of sp³-hybridized carbons (Fsp3) is 0.500. The van der Waals surface area contributed by atoms with Gasteiger partial charge in [-0.1, -0.05) is 0 Å². The lowest BCUT2D eigenvalue weighted by atomic mass is 9.98. The predicted molar refractivity (Wildman–Crippen MR) is 68.1 cm³/mol. The van der Waals surface area contributed by atoms with E-state index in [4.69, 9.17) is 9.84 Å². The van der Waals surface area contributed by atoms with Crippen LogP contribution in [0, 0.1) is 5.41 Å². The third-order valence-corrected chi connectivity index (χ3v) is 2.38. The number of hydrogen-bond acceptors (Lipinski definition) is 5. The van der Waals surface area contributed by atoms with Crippen LogP contribution in [0.4, 0.5) is 0 Å². The van der Waals surface area contributed by atoms with Crippen molar-refractivity contribution in [1.82, 2.24) is 9.13 Å². The summed E-state index contributed by atoms with van der Waals surface area (Å²) >= 11 is 0. The second kappa shape index (κ2) is 5.72. The molecule has 1 N–H and O–H groups in total. The summed E-state index contributed by atoms with van der Waals surface area (Å²) in [7, 11) is 0. The van der Waals surface area contributed by atoms with Crippen molar-refractivity contribution in [2.24, 2.45) is 5.41 Å². The molecular weight excluding hydrogens is 268 g/mol. The standard InChI is InChI=1S/C12H16N2O6/c1-12(2,3)10(18)20-7-13-5-4-8(15)14(11(13)19)6-9(16)17/h4-5H,6-7H2,1-3H3,(H,16,17). The van der Waals surface area contributed by atoms with Crippen LogP contribution in [0.2, 0.25) is 0 Å². The number of nitrogens with zero attached hydrogens (tertiary/aromatic N) is 2. The van der Waals surface area contributed by atoms with E-state index in [2.05, 4.69) is 0 Å². The Hall–Kier alpha value is -2.38. The first-order valence-corrected chi connectivity index (χ1v) is 5.82. The largest absolute Gasteiger partial charge is 0.480 e. The molecule has 8 heteroatoms. The minimum atomic E-state index is -1.31. The predicted octanol–water partition coefficient (Wildman–Crippen LogP) is -0.359. The van der Waals surface area contributed by atoms with Crippen LogP contribution >= 0.6 is 0 Å². The molecule has 1 aromatic heterocycles. The Bertz CT molecular complexity index is 635. The number of aliphatic carboxylic acids is 1. The van der Waals surface area contributed by atoms with Crippen LogP contribution in [0.15, 0.2) is 21.9 Å². The van der Waals surface area contributed by atoms with E-state index < -0.39 is 35.1 Å². The molecule has 20 heavy (non-hydrogen) atoms. The molecule has 0 saturated heterocycles. The summed E-state index contributed by atoms with van der Waals surface area (Å²) in [5.74, 6) is -1.82. The Morgan fingerprint density at radius 3 is 2.40 bits per heavy atom. The van der Waals surface area contributed by atoms with Gasteiger partial charge in [0.25, 0.3) is 5.56 Å². The van der Waals surface area contributed by atoms with Crippen LogP contribution in [0.1, 0.15) is 20.8 Å². The number of ether oxygens (including phenoxy) is 1. The topological polar surface area (TPSA) is 108 Å². The number of carbonyl (C=O) groups excluding carboxylic acids is 1. The zero-order valence-corrected chi connectivity index (χ0v) is 11.5. The van der Waals surface area contributed by atoms with Gasteiger partial charge in [-0.2, -0.15) is 0 Å². The molecule has 0 saturated carbocycles. The summed E-state index contributed by atoms with van der Waals surface area (Å²) in [5, 5.41) is 8.64. The fourth-order valence-corrected chi connectivity index (χ4v) is 1.28. The molecular formula is C12H16N2O6. The normalized spacial score (nSPS) is 11.2. The van der Waals surface area contributed by atoms with E-state index >= 15 is 0 Å². The van der Waals surface area contributed by atoms with Crippen molar-refractivity contribution in [1.29, 1.82) is 0 Å². The Labute approximate surface area is 114 Å². The SMILES string of the molecule is CC(C)(C)C(=O)OCn1ccc(=O)n(CC(=O)O)c1=O. The molecule has 0 aliphatic rings. The molecule has 0 amide bonds. The van der Waals surface area contributed by atoms with Crippen molar-refractivity contribution in [3.8, 4) is 0 Å². The van der Waals surface area contributed by atoms with Crippen molar-refractivity contribution < 1.29 is 19.4 Å². The number of aromatic nitrogens is 2. The van der Waals surface area contributed by atoms with Crippen LogP contribution < -0.4 is 11.2 Å². The molecule has 8 nitrogen and oxygen atoms in total. The molecule has 0 aliphatic carbocycles. The summed E-state index contributed by atoms with van der Waals surface area (Å²) < 4.78 is 6.44. The second-order valence-electron chi connectivity index (χ2n) is 5.20. The van der Waals surface area contributed by atoms with E-state index in [-0.39, 0.29) is 6.73 Å². The van der Waals surface area contributed by atoms with E-state index in [1.807, 2.05) is 0 Å². The zero-order valence-electron chi connectivity index (χ0n) is 11.5. The number of rotatable bonds is 4. The molecule has 1 rings (SSSR count). The molecule has 0 radical (unpaired) electrons. The van der Waals surface area contributed by atoms with Gasteiger partial charge in [-0.05, 0) is 20.8 Å². The van der Waals surface area contributed by atoms with Gasteiger partial charge in [-0.15, -0.1) is 0 Å². The first kappa shape index (κ1) is 15.7. The first-order valence-electron chi connectivity index (χ1n) is 5.82. The van der Waals surface area contributed by atoms with E-state index in [0.717, 1.165) is 16.8 Å². The van der Waals surface area contributed by atoms with Gasteiger partial charge in [0, 0.05) is 12.3 Å². The summed E-state index contributed by atoms with van der Waals surface area (Å²) in [6.45, 7) is 3.84. The zero-order chi connectivity index (χ0) is 15.5. The van der Waals surface area contributed by atoms with Crippen LogP contribution in [-0.4, -0.2) is 26.2 Å². The molecule has 110 valence electrons. The van der Waals surface area contributed by atoms with Crippen LogP contribution in [0.3, 0.4) is 0 Å². The van der Waals surface area contributed by atoms with Crippen molar-refractivity contribution in [2.75, 3.05) is 0 Å². The second-order valence-corrected chi connectivity index (χ2v) is 5.20. The third-order valence-electron chi connectivity index (χ3n) is 2.38. The maximum Gasteiger partial charge on any atom is 0.334 e. The maximum atomic E-state index is 11.9. The number of carboxylic acid groups (broad SMARTS) is 1. The highest BCUT2D eigenvalue weighted by molar-refractivity contribution is 5.75. The van der Waals surface area contributed by atoms with E-state index in [0.29, 0.717) is 4.57 Å².